The van der Waals surface area contributed by atoms with Crippen molar-refractivity contribution >= 4 is 32.8 Å². The molecule has 0 amide bonds. The van der Waals surface area contributed by atoms with Crippen LogP contribution in [0, 0.1) is 26.7 Å². The van der Waals surface area contributed by atoms with Crippen molar-refractivity contribution in [3.8, 4) is 0 Å². The van der Waals surface area contributed by atoms with E-state index in [1.165, 1.54) is 13.3 Å². The smallest absolute Gasteiger partial charge is 0.303 e. The summed E-state index contributed by atoms with van der Waals surface area (Å²) in [5.41, 5.74) is 4.32. The number of imidazole rings is 1. The molecular formula is C27H27N3O5S. The third kappa shape index (κ3) is 3.74. The fraction of sp³-hybridized carbons (Fsp3) is 0.296. The van der Waals surface area contributed by atoms with Gasteiger partial charge in [-0.2, -0.15) is 0 Å². The Kier molecular flexibility index (Phi) is 5.83. The van der Waals surface area contributed by atoms with Gasteiger partial charge < -0.3 is 4.74 Å². The Morgan fingerprint density at radius 2 is 1.78 bits per heavy atom. The molecule has 36 heavy (non-hydrogen) atoms. The van der Waals surface area contributed by atoms with Crippen LogP contribution in [0.4, 0.5) is 0 Å². The van der Waals surface area contributed by atoms with Crippen molar-refractivity contribution in [3.63, 3.8) is 0 Å². The van der Waals surface area contributed by atoms with E-state index in [1.54, 1.807) is 35.8 Å². The number of hydrogen-bond donors (Lipinski definition) is 0. The summed E-state index contributed by atoms with van der Waals surface area (Å²) in [7, 11) is -3.92. The normalized spacial score (nSPS) is 16.7. The van der Waals surface area contributed by atoms with E-state index in [0.717, 1.165) is 31.7 Å². The van der Waals surface area contributed by atoms with Gasteiger partial charge in [0.25, 0.3) is 10.0 Å². The van der Waals surface area contributed by atoms with Crippen molar-refractivity contribution in [1.29, 1.82) is 0 Å². The summed E-state index contributed by atoms with van der Waals surface area (Å²) in [5, 5.41) is 1.01. The molecule has 0 N–H and O–H groups in total. The van der Waals surface area contributed by atoms with E-state index >= 15 is 0 Å². The number of benzene rings is 2. The second-order valence-electron chi connectivity index (χ2n) is 9.27. The van der Waals surface area contributed by atoms with Gasteiger partial charge in [0, 0.05) is 18.0 Å². The van der Waals surface area contributed by atoms with Gasteiger partial charge in [-0.15, -0.1) is 0 Å². The van der Waals surface area contributed by atoms with Crippen LogP contribution in [0.3, 0.4) is 0 Å². The minimum atomic E-state index is -3.92. The Hall–Kier alpha value is -3.72. The number of rotatable bonds is 5. The molecule has 0 fully saturated rings. The average molecular weight is 506 g/mol. The van der Waals surface area contributed by atoms with Crippen LogP contribution in [0.1, 0.15) is 52.5 Å². The number of nitrogens with zero attached hydrogens (tertiary/aromatic N) is 3. The molecule has 8 nitrogen and oxygen atoms in total. The molecule has 0 radical (unpaired) electrons. The Bertz CT molecular complexity index is 1610. The number of hydrogen-bond acceptors (Lipinski definition) is 6. The molecule has 186 valence electrons. The van der Waals surface area contributed by atoms with Gasteiger partial charge in [0.05, 0.1) is 22.0 Å². The molecule has 2 unspecified atom stereocenters. The lowest BCUT2D eigenvalue weighted by molar-refractivity contribution is -0.149. The quantitative estimate of drug-likeness (QED) is 0.370. The van der Waals surface area contributed by atoms with E-state index in [4.69, 9.17) is 4.74 Å². The van der Waals surface area contributed by atoms with Crippen molar-refractivity contribution in [3.05, 3.63) is 83.1 Å². The first-order valence-corrected chi connectivity index (χ1v) is 13.2. The fourth-order valence-corrected chi connectivity index (χ4v) is 6.46. The first-order valence-electron chi connectivity index (χ1n) is 11.8. The molecule has 0 saturated carbocycles. The minimum absolute atomic E-state index is 0.122. The number of carbonyl (C=O) groups excluding carboxylic acids is 2. The van der Waals surface area contributed by atoms with Crippen LogP contribution >= 0.6 is 0 Å². The van der Waals surface area contributed by atoms with Crippen LogP contribution in [0.15, 0.2) is 59.8 Å². The molecule has 0 bridgehead atoms. The van der Waals surface area contributed by atoms with E-state index in [1.807, 2.05) is 38.1 Å². The minimum Gasteiger partial charge on any atom is -0.455 e. The first kappa shape index (κ1) is 24.0. The van der Waals surface area contributed by atoms with E-state index in [-0.39, 0.29) is 16.5 Å². The highest BCUT2D eigenvalue weighted by atomic mass is 32.2. The van der Waals surface area contributed by atoms with Crippen LogP contribution in [-0.4, -0.2) is 33.8 Å². The molecule has 2 atom stereocenters. The highest BCUT2D eigenvalue weighted by molar-refractivity contribution is 7.90. The molecule has 0 spiro atoms. The summed E-state index contributed by atoms with van der Waals surface area (Å²) in [4.78, 5) is 30.4. The lowest BCUT2D eigenvalue weighted by Gasteiger charge is -2.30. The van der Waals surface area contributed by atoms with Crippen molar-refractivity contribution in [2.24, 2.45) is 5.92 Å². The third-order valence-electron chi connectivity index (χ3n) is 6.99. The maximum absolute atomic E-state index is 13.8. The Balaban J connectivity index is 1.58. The largest absolute Gasteiger partial charge is 0.455 e. The van der Waals surface area contributed by atoms with Crippen LogP contribution in [-0.2, 0) is 26.0 Å². The van der Waals surface area contributed by atoms with Gasteiger partial charge >= 0.3 is 5.97 Å². The second kappa shape index (κ2) is 8.74. The molecule has 2 aromatic carbocycles. The lowest BCUT2D eigenvalue weighted by Crippen LogP contribution is -2.35. The molecule has 0 saturated heterocycles. The number of esters is 1. The fourth-order valence-electron chi connectivity index (χ4n) is 5.13. The first-order chi connectivity index (χ1) is 17.1. The molecule has 1 aliphatic rings. The SMILES string of the molecule is CC(=O)OC(c1ncn(S(=O)(=O)c2ccc(C)cc2)c1C)C1CCc2c(C)c3ccccc3n2C1=O. The summed E-state index contributed by atoms with van der Waals surface area (Å²) in [6, 6.07) is 14.3. The van der Waals surface area contributed by atoms with Gasteiger partial charge in [0.1, 0.15) is 12.0 Å². The van der Waals surface area contributed by atoms with Crippen LogP contribution < -0.4 is 0 Å². The predicted molar refractivity (Wildman–Crippen MR) is 134 cm³/mol. The Morgan fingerprint density at radius 3 is 2.47 bits per heavy atom. The highest BCUT2D eigenvalue weighted by Crippen LogP contribution is 2.39. The molecular weight excluding hydrogens is 478 g/mol. The molecule has 9 heteroatoms. The van der Waals surface area contributed by atoms with Crippen molar-refractivity contribution in [2.45, 2.75) is 51.5 Å². The number of aromatic nitrogens is 3. The number of carbonyl (C=O) groups is 2. The standard InChI is InChI=1S/C27H27N3O5S/c1-16-9-11-20(12-10-16)36(33,34)29-15-28-25(18(29)3)26(35-19(4)31)22-13-14-23-17(2)21-7-5-6-8-24(21)30(23)27(22)32/h5-12,15,22,26H,13-14H2,1-4H3. The van der Waals surface area contributed by atoms with Crippen LogP contribution in [0.2, 0.25) is 0 Å². The molecule has 1 aliphatic heterocycles. The maximum atomic E-state index is 13.8. The molecule has 3 heterocycles. The number of fused-ring (bicyclic) bond motifs is 3. The summed E-state index contributed by atoms with van der Waals surface area (Å²) >= 11 is 0. The van der Waals surface area contributed by atoms with E-state index in [0.29, 0.717) is 18.5 Å². The van der Waals surface area contributed by atoms with Crippen LogP contribution in [0.5, 0.6) is 0 Å². The third-order valence-corrected chi connectivity index (χ3v) is 8.74. The summed E-state index contributed by atoms with van der Waals surface area (Å²) < 4.78 is 35.1. The number of ether oxygens (including phenoxy) is 1. The van der Waals surface area contributed by atoms with Gasteiger partial charge in [-0.3, -0.25) is 14.2 Å². The highest BCUT2D eigenvalue weighted by Gasteiger charge is 2.40. The van der Waals surface area contributed by atoms with Crippen LogP contribution in [0.25, 0.3) is 10.9 Å². The predicted octanol–water partition coefficient (Wildman–Crippen LogP) is 4.51. The monoisotopic (exact) mass is 505 g/mol. The van der Waals surface area contributed by atoms with E-state index < -0.39 is 28.0 Å². The molecule has 2 aromatic heterocycles. The summed E-state index contributed by atoms with van der Waals surface area (Å²) in [6.45, 7) is 6.77. The summed E-state index contributed by atoms with van der Waals surface area (Å²) in [6.07, 6.45) is 1.27. The Labute approximate surface area is 209 Å². The van der Waals surface area contributed by atoms with Gasteiger partial charge in [0.2, 0.25) is 5.91 Å². The van der Waals surface area contributed by atoms with Gasteiger partial charge in [0.15, 0.2) is 6.10 Å². The average Bonchev–Trinajstić information content (AvgIpc) is 3.37. The van der Waals surface area contributed by atoms with Crippen molar-refractivity contribution < 1.29 is 22.7 Å². The van der Waals surface area contributed by atoms with E-state index in [9.17, 15) is 18.0 Å². The zero-order valence-corrected chi connectivity index (χ0v) is 21.4. The second-order valence-corrected chi connectivity index (χ2v) is 11.1. The van der Waals surface area contributed by atoms with Crippen molar-refractivity contribution in [2.75, 3.05) is 0 Å². The zero-order valence-electron chi connectivity index (χ0n) is 20.6. The molecule has 4 aromatic rings. The topological polar surface area (TPSA) is 100 Å². The van der Waals surface area contributed by atoms with Gasteiger partial charge in [-0.05, 0) is 57.4 Å². The Morgan fingerprint density at radius 1 is 1.08 bits per heavy atom. The number of para-hydroxylation sites is 1. The zero-order chi connectivity index (χ0) is 25.8. The number of aryl methyl sites for hydroxylation is 2. The van der Waals surface area contributed by atoms with Gasteiger partial charge in [-0.1, -0.05) is 35.9 Å². The maximum Gasteiger partial charge on any atom is 0.303 e. The molecule has 0 aliphatic carbocycles. The molecule has 5 rings (SSSR count). The summed E-state index contributed by atoms with van der Waals surface area (Å²) in [5.74, 6) is -1.47. The van der Waals surface area contributed by atoms with Gasteiger partial charge in [-0.25, -0.2) is 17.4 Å². The lowest BCUT2D eigenvalue weighted by atomic mass is 9.88. The van der Waals surface area contributed by atoms with E-state index in [2.05, 4.69) is 4.98 Å². The van der Waals surface area contributed by atoms with Crippen molar-refractivity contribution in [1.82, 2.24) is 13.5 Å².